The van der Waals surface area contributed by atoms with Crippen molar-refractivity contribution in [3.63, 3.8) is 0 Å². The monoisotopic (exact) mass is 262 g/mol. The number of aromatic nitrogens is 1. The summed E-state index contributed by atoms with van der Waals surface area (Å²) in [5.41, 5.74) is 8.73. The molecule has 0 aliphatic rings. The predicted octanol–water partition coefficient (Wildman–Crippen LogP) is 2.37. The fourth-order valence-corrected chi connectivity index (χ4v) is 2.24. The molecule has 0 radical (unpaired) electrons. The van der Waals surface area contributed by atoms with Crippen molar-refractivity contribution in [2.24, 2.45) is 5.73 Å². The van der Waals surface area contributed by atoms with Crippen molar-refractivity contribution < 1.29 is 9.53 Å². The van der Waals surface area contributed by atoms with Crippen molar-refractivity contribution in [2.45, 2.75) is 12.5 Å². The van der Waals surface area contributed by atoms with Crippen LogP contribution in [-0.4, -0.2) is 18.1 Å². The average Bonchev–Trinajstić information content (AvgIpc) is 2.92. The van der Waals surface area contributed by atoms with Gasteiger partial charge in [-0.2, -0.15) is 11.3 Å². The van der Waals surface area contributed by atoms with E-state index < -0.39 is 0 Å². The largest absolute Gasteiger partial charge is 0.469 e. The number of rotatable bonds is 4. The van der Waals surface area contributed by atoms with Gasteiger partial charge in [-0.3, -0.25) is 9.78 Å². The van der Waals surface area contributed by atoms with Crippen LogP contribution in [0.1, 0.15) is 18.0 Å². The van der Waals surface area contributed by atoms with Gasteiger partial charge in [-0.15, -0.1) is 0 Å². The third-order valence-corrected chi connectivity index (χ3v) is 3.33. The highest BCUT2D eigenvalue weighted by atomic mass is 32.1. The summed E-state index contributed by atoms with van der Waals surface area (Å²) < 4.78 is 4.59. The third-order valence-electron chi connectivity index (χ3n) is 2.65. The highest BCUT2D eigenvalue weighted by Crippen LogP contribution is 2.21. The number of carbonyl (C=O) groups is 1. The first-order chi connectivity index (χ1) is 8.70. The summed E-state index contributed by atoms with van der Waals surface area (Å²) in [4.78, 5) is 15.5. The van der Waals surface area contributed by atoms with Crippen LogP contribution in [0, 0.1) is 0 Å². The van der Waals surface area contributed by atoms with E-state index in [1.165, 1.54) is 7.11 Å². The van der Waals surface area contributed by atoms with Crippen LogP contribution >= 0.6 is 11.3 Å². The Morgan fingerprint density at radius 2 is 2.33 bits per heavy atom. The lowest BCUT2D eigenvalue weighted by Gasteiger charge is -2.10. The Hall–Kier alpha value is -1.72. The van der Waals surface area contributed by atoms with Crippen LogP contribution in [0.4, 0.5) is 0 Å². The Balaban J connectivity index is 2.10. The molecule has 0 amide bonds. The van der Waals surface area contributed by atoms with E-state index >= 15 is 0 Å². The summed E-state index contributed by atoms with van der Waals surface area (Å²) >= 11 is 1.63. The Kier molecular flexibility index (Phi) is 4.07. The average molecular weight is 262 g/mol. The van der Waals surface area contributed by atoms with Crippen LogP contribution < -0.4 is 5.73 Å². The van der Waals surface area contributed by atoms with Crippen molar-refractivity contribution in [3.05, 3.63) is 40.7 Å². The predicted molar refractivity (Wildman–Crippen MR) is 71.1 cm³/mol. The van der Waals surface area contributed by atoms with Gasteiger partial charge in [0.25, 0.3) is 0 Å². The van der Waals surface area contributed by atoms with Crippen molar-refractivity contribution >= 4 is 17.3 Å². The summed E-state index contributed by atoms with van der Waals surface area (Å²) in [7, 11) is 1.35. The number of thiophene rings is 1. The van der Waals surface area contributed by atoms with Gasteiger partial charge in [-0.1, -0.05) is 6.07 Å². The molecule has 2 heterocycles. The number of nitrogens with zero attached hydrogens (tertiary/aromatic N) is 1. The molecule has 2 aromatic heterocycles. The first-order valence-corrected chi connectivity index (χ1v) is 6.46. The maximum Gasteiger partial charge on any atom is 0.307 e. The van der Waals surface area contributed by atoms with E-state index in [2.05, 4.69) is 9.72 Å². The van der Waals surface area contributed by atoms with E-state index in [0.717, 1.165) is 16.8 Å². The second-order valence-corrected chi connectivity index (χ2v) is 4.66. The fourth-order valence-electron chi connectivity index (χ4n) is 1.59. The fraction of sp³-hybridized carbons (Fsp3) is 0.231. The first-order valence-electron chi connectivity index (χ1n) is 5.51. The smallest absolute Gasteiger partial charge is 0.307 e. The highest BCUT2D eigenvalue weighted by molar-refractivity contribution is 7.08. The lowest BCUT2D eigenvalue weighted by Crippen LogP contribution is -2.16. The molecule has 2 rings (SSSR count). The maximum absolute atomic E-state index is 11.1. The van der Waals surface area contributed by atoms with Crippen LogP contribution in [0.25, 0.3) is 11.3 Å². The van der Waals surface area contributed by atoms with Gasteiger partial charge < -0.3 is 10.5 Å². The molecule has 2 N–H and O–H groups in total. The van der Waals surface area contributed by atoms with Crippen LogP contribution in [0.2, 0.25) is 0 Å². The number of carbonyl (C=O) groups excluding carboxylic acids is 1. The Bertz CT molecular complexity index is 508. The zero-order valence-electron chi connectivity index (χ0n) is 10.00. The third kappa shape index (κ3) is 2.94. The number of pyridine rings is 1. The Morgan fingerprint density at radius 1 is 1.50 bits per heavy atom. The lowest BCUT2D eigenvalue weighted by atomic mass is 10.1. The van der Waals surface area contributed by atoms with E-state index in [1.807, 2.05) is 29.0 Å². The van der Waals surface area contributed by atoms with E-state index in [1.54, 1.807) is 17.5 Å². The summed E-state index contributed by atoms with van der Waals surface area (Å²) in [6.45, 7) is 0. The topological polar surface area (TPSA) is 65.2 Å². The van der Waals surface area contributed by atoms with Gasteiger partial charge in [0.2, 0.25) is 0 Å². The molecule has 0 spiro atoms. The molecule has 0 aliphatic carbocycles. The Labute approximate surface area is 109 Å². The second kappa shape index (κ2) is 5.75. The molecule has 0 aromatic carbocycles. The summed E-state index contributed by atoms with van der Waals surface area (Å²) in [6, 6.07) is 5.45. The zero-order chi connectivity index (χ0) is 13.0. The minimum Gasteiger partial charge on any atom is -0.469 e. The van der Waals surface area contributed by atoms with Crippen molar-refractivity contribution in [2.75, 3.05) is 7.11 Å². The van der Waals surface area contributed by atoms with Gasteiger partial charge in [-0.25, -0.2) is 0 Å². The second-order valence-electron chi connectivity index (χ2n) is 3.88. The van der Waals surface area contributed by atoms with E-state index in [9.17, 15) is 4.79 Å². The molecular weight excluding hydrogens is 248 g/mol. The molecule has 0 fully saturated rings. The van der Waals surface area contributed by atoms with Crippen molar-refractivity contribution in [1.29, 1.82) is 0 Å². The van der Waals surface area contributed by atoms with Crippen LogP contribution in [0.15, 0.2) is 35.2 Å². The minimum absolute atomic E-state index is 0.163. The summed E-state index contributed by atoms with van der Waals surface area (Å²) in [6.07, 6.45) is 1.87. The molecule has 0 bridgehead atoms. The summed E-state index contributed by atoms with van der Waals surface area (Å²) in [5.74, 6) is -0.315. The first kappa shape index (κ1) is 12.7. The lowest BCUT2D eigenvalue weighted by molar-refractivity contribution is -0.141. The van der Waals surface area contributed by atoms with Crippen LogP contribution in [0.3, 0.4) is 0 Å². The molecular formula is C13H14N2O2S. The summed E-state index contributed by atoms with van der Waals surface area (Å²) in [5, 5.41) is 4.05. The molecule has 0 unspecified atom stereocenters. The number of nitrogens with two attached hydrogens (primary N) is 1. The zero-order valence-corrected chi connectivity index (χ0v) is 10.8. The van der Waals surface area contributed by atoms with Gasteiger partial charge in [0.05, 0.1) is 19.2 Å². The molecule has 1 atom stereocenters. The molecule has 94 valence electrons. The maximum atomic E-state index is 11.1. The Morgan fingerprint density at radius 3 is 2.89 bits per heavy atom. The number of methoxy groups -OCH3 is 1. The molecule has 5 heteroatoms. The quantitative estimate of drug-likeness (QED) is 0.859. The van der Waals surface area contributed by atoms with Crippen molar-refractivity contribution in [1.82, 2.24) is 4.98 Å². The van der Waals surface area contributed by atoms with Gasteiger partial charge in [0.1, 0.15) is 0 Å². The van der Waals surface area contributed by atoms with Gasteiger partial charge in [0, 0.05) is 23.2 Å². The number of ether oxygens (including phenoxy) is 1. The van der Waals surface area contributed by atoms with E-state index in [0.29, 0.717) is 0 Å². The molecule has 18 heavy (non-hydrogen) atoms. The molecule has 4 nitrogen and oxygen atoms in total. The van der Waals surface area contributed by atoms with Crippen LogP contribution in [0.5, 0.6) is 0 Å². The van der Waals surface area contributed by atoms with Gasteiger partial charge >= 0.3 is 5.97 Å². The number of hydrogen-bond donors (Lipinski definition) is 1. The minimum atomic E-state index is -0.374. The van der Waals surface area contributed by atoms with Crippen LogP contribution in [-0.2, 0) is 9.53 Å². The highest BCUT2D eigenvalue weighted by Gasteiger charge is 2.12. The van der Waals surface area contributed by atoms with Crippen molar-refractivity contribution in [3.8, 4) is 11.3 Å². The molecule has 0 aliphatic heterocycles. The van der Waals surface area contributed by atoms with E-state index in [4.69, 9.17) is 5.73 Å². The molecule has 2 aromatic rings. The molecule has 0 saturated carbocycles. The number of esters is 1. The standard InChI is InChI=1S/C13H14N2O2S/c1-17-13(16)6-11(14)9-2-3-12(15-7-9)10-4-5-18-8-10/h2-5,7-8,11H,6,14H2,1H3/t11-/m0/s1. The van der Waals surface area contributed by atoms with Gasteiger partial charge in [0.15, 0.2) is 0 Å². The molecule has 0 saturated heterocycles. The van der Waals surface area contributed by atoms with E-state index in [-0.39, 0.29) is 18.4 Å². The number of hydrogen-bond acceptors (Lipinski definition) is 5. The normalized spacial score (nSPS) is 12.1. The van der Waals surface area contributed by atoms with Gasteiger partial charge in [-0.05, 0) is 23.1 Å². The SMILES string of the molecule is COC(=O)C[C@H](N)c1ccc(-c2ccsc2)nc1.